The minimum atomic E-state index is 0.148. The Balaban J connectivity index is 1.90. The van der Waals surface area contributed by atoms with E-state index in [2.05, 4.69) is 32.1 Å². The van der Waals surface area contributed by atoms with Crippen LogP contribution in [0.1, 0.15) is 26.7 Å². The summed E-state index contributed by atoms with van der Waals surface area (Å²) in [5, 5.41) is 3.34. The Morgan fingerprint density at radius 2 is 2.05 bits per heavy atom. The molecule has 0 saturated carbocycles. The predicted octanol–water partition coefficient (Wildman–Crippen LogP) is 1.82. The molecule has 6 nitrogen and oxygen atoms in total. The van der Waals surface area contributed by atoms with Crippen LogP contribution in [0.25, 0.3) is 0 Å². The fraction of sp³-hybridized carbons (Fsp3) is 0.750. The Hall–Kier alpha value is -1.14. The Kier molecular flexibility index (Phi) is 5.15. The molecule has 1 fully saturated rings. The molecule has 1 saturated heterocycles. The molecule has 2 rings (SSSR count). The zero-order valence-electron chi connectivity index (χ0n) is 11.4. The second kappa shape index (κ2) is 6.86. The molecule has 106 valence electrons. The Bertz CT molecular complexity index is 411. The topological polar surface area (TPSA) is 63.2 Å². The molecular weight excluding hydrogens is 266 g/mol. The fourth-order valence-corrected chi connectivity index (χ4v) is 2.31. The van der Waals surface area contributed by atoms with Gasteiger partial charge in [0.2, 0.25) is 11.2 Å². The van der Waals surface area contributed by atoms with Crippen molar-refractivity contribution < 1.29 is 4.74 Å². The lowest BCUT2D eigenvalue weighted by Gasteiger charge is -2.23. The smallest absolute Gasteiger partial charge is 0.322 e. The van der Waals surface area contributed by atoms with Gasteiger partial charge in [-0.25, -0.2) is 0 Å². The van der Waals surface area contributed by atoms with Gasteiger partial charge >= 0.3 is 6.01 Å². The summed E-state index contributed by atoms with van der Waals surface area (Å²) < 4.78 is 5.24. The third-order valence-corrected chi connectivity index (χ3v) is 3.35. The van der Waals surface area contributed by atoms with Gasteiger partial charge < -0.3 is 10.1 Å². The molecule has 0 spiro atoms. The summed E-state index contributed by atoms with van der Waals surface area (Å²) in [6.07, 6.45) is 2.58. The number of aromatic nitrogens is 3. The largest absolute Gasteiger partial charge is 0.464 e. The van der Waals surface area contributed by atoms with Crippen LogP contribution in [0, 0.1) is 0 Å². The zero-order chi connectivity index (χ0) is 13.7. The molecule has 1 aromatic heterocycles. The first-order chi connectivity index (χ1) is 9.19. The van der Waals surface area contributed by atoms with Crippen LogP contribution in [-0.4, -0.2) is 52.1 Å². The van der Waals surface area contributed by atoms with E-state index < -0.39 is 0 Å². The first-order valence-corrected chi connectivity index (χ1v) is 7.09. The molecule has 0 radical (unpaired) electrons. The minimum Gasteiger partial charge on any atom is -0.464 e. The number of rotatable bonds is 6. The summed E-state index contributed by atoms with van der Waals surface area (Å²) in [5.41, 5.74) is 0. The minimum absolute atomic E-state index is 0.148. The molecule has 0 aliphatic carbocycles. The van der Waals surface area contributed by atoms with Gasteiger partial charge in [-0.05, 0) is 51.4 Å². The zero-order valence-corrected chi connectivity index (χ0v) is 12.2. The maximum atomic E-state index is 5.84. The van der Waals surface area contributed by atoms with Gasteiger partial charge in [0, 0.05) is 12.6 Å². The van der Waals surface area contributed by atoms with Crippen LogP contribution in [0.3, 0.4) is 0 Å². The number of hydrogen-bond donors (Lipinski definition) is 1. The molecule has 1 atom stereocenters. The van der Waals surface area contributed by atoms with Crippen LogP contribution >= 0.6 is 11.6 Å². The van der Waals surface area contributed by atoms with Gasteiger partial charge in [0.15, 0.2) is 0 Å². The van der Waals surface area contributed by atoms with Crippen molar-refractivity contribution in [3.8, 4) is 6.01 Å². The van der Waals surface area contributed by atoms with Crippen LogP contribution in [0.4, 0.5) is 5.95 Å². The molecule has 1 N–H and O–H groups in total. The quantitative estimate of drug-likeness (QED) is 0.860. The normalized spacial score (nSPS) is 17.4. The van der Waals surface area contributed by atoms with Gasteiger partial charge in [-0.15, -0.1) is 0 Å². The summed E-state index contributed by atoms with van der Waals surface area (Å²) in [7, 11) is 0. The summed E-state index contributed by atoms with van der Waals surface area (Å²) >= 11 is 5.84. The highest BCUT2D eigenvalue weighted by Crippen LogP contribution is 2.14. The van der Waals surface area contributed by atoms with Crippen molar-refractivity contribution in [2.24, 2.45) is 0 Å². The SMILES string of the molecule is CCOc1nc(Cl)nc(NCC(C)N2CCCC2)n1. The standard InChI is InChI=1S/C12H20ClN5O/c1-3-19-12-16-10(13)15-11(17-12)14-8-9(2)18-6-4-5-7-18/h9H,3-8H2,1-2H3,(H,14,15,16,17). The summed E-state index contributed by atoms with van der Waals surface area (Å²) in [6, 6.07) is 0.715. The van der Waals surface area contributed by atoms with Gasteiger partial charge in [-0.3, -0.25) is 4.90 Å². The average molecular weight is 286 g/mol. The van der Waals surface area contributed by atoms with Crippen molar-refractivity contribution in [2.75, 3.05) is 31.6 Å². The van der Waals surface area contributed by atoms with Crippen LogP contribution in [0.5, 0.6) is 6.01 Å². The Morgan fingerprint density at radius 3 is 2.74 bits per heavy atom. The summed E-state index contributed by atoms with van der Waals surface area (Å²) in [5.74, 6) is 0.467. The van der Waals surface area contributed by atoms with Crippen molar-refractivity contribution in [2.45, 2.75) is 32.7 Å². The van der Waals surface area contributed by atoms with Crippen molar-refractivity contribution in [1.29, 1.82) is 0 Å². The maximum Gasteiger partial charge on any atom is 0.322 e. The van der Waals surface area contributed by atoms with E-state index in [1.165, 1.54) is 25.9 Å². The highest BCUT2D eigenvalue weighted by atomic mass is 35.5. The Labute approximate surface area is 118 Å². The van der Waals surface area contributed by atoms with Gasteiger partial charge in [0.1, 0.15) is 0 Å². The lowest BCUT2D eigenvalue weighted by Crippen LogP contribution is -2.35. The molecule has 2 heterocycles. The highest BCUT2D eigenvalue weighted by Gasteiger charge is 2.18. The van der Waals surface area contributed by atoms with Gasteiger partial charge in [-0.2, -0.15) is 15.0 Å². The molecule has 1 aliphatic heterocycles. The number of halogens is 1. The molecule has 0 amide bonds. The van der Waals surface area contributed by atoms with Gasteiger partial charge in [-0.1, -0.05) is 0 Å². The maximum absolute atomic E-state index is 5.84. The van der Waals surface area contributed by atoms with Crippen molar-refractivity contribution in [1.82, 2.24) is 19.9 Å². The second-order valence-corrected chi connectivity index (χ2v) is 4.95. The van der Waals surface area contributed by atoms with Crippen LogP contribution in [-0.2, 0) is 0 Å². The van der Waals surface area contributed by atoms with Gasteiger partial charge in [0.05, 0.1) is 6.61 Å². The fourth-order valence-electron chi connectivity index (χ4n) is 2.16. The highest BCUT2D eigenvalue weighted by molar-refractivity contribution is 6.28. The van der Waals surface area contributed by atoms with E-state index >= 15 is 0 Å². The number of nitrogens with one attached hydrogen (secondary N) is 1. The summed E-state index contributed by atoms with van der Waals surface area (Å²) in [4.78, 5) is 14.6. The van der Waals surface area contributed by atoms with E-state index in [-0.39, 0.29) is 11.3 Å². The molecule has 0 bridgehead atoms. The lowest BCUT2D eigenvalue weighted by molar-refractivity contribution is 0.268. The number of anilines is 1. The molecule has 1 aliphatic rings. The van der Waals surface area contributed by atoms with Crippen molar-refractivity contribution in [3.05, 3.63) is 5.28 Å². The number of likely N-dealkylation sites (tertiary alicyclic amines) is 1. The van der Waals surface area contributed by atoms with Crippen molar-refractivity contribution >= 4 is 17.5 Å². The van der Waals surface area contributed by atoms with Gasteiger partial charge in [0.25, 0.3) is 0 Å². The predicted molar refractivity (Wildman–Crippen MR) is 74.8 cm³/mol. The number of ether oxygens (including phenoxy) is 1. The average Bonchev–Trinajstić information content (AvgIpc) is 2.89. The van der Waals surface area contributed by atoms with E-state index in [9.17, 15) is 0 Å². The third kappa shape index (κ3) is 4.18. The van der Waals surface area contributed by atoms with E-state index in [0.29, 0.717) is 18.6 Å². The number of nitrogens with zero attached hydrogens (tertiary/aromatic N) is 4. The first kappa shape index (κ1) is 14.3. The molecular formula is C12H20ClN5O. The van der Waals surface area contributed by atoms with Crippen molar-refractivity contribution in [3.63, 3.8) is 0 Å². The molecule has 1 aromatic rings. The summed E-state index contributed by atoms with van der Waals surface area (Å²) in [6.45, 7) is 7.71. The Morgan fingerprint density at radius 1 is 1.32 bits per heavy atom. The first-order valence-electron chi connectivity index (χ1n) is 6.71. The van der Waals surface area contributed by atoms with Crippen LogP contribution in [0.2, 0.25) is 5.28 Å². The second-order valence-electron chi connectivity index (χ2n) is 4.62. The molecule has 19 heavy (non-hydrogen) atoms. The lowest BCUT2D eigenvalue weighted by atomic mass is 10.3. The number of hydrogen-bond acceptors (Lipinski definition) is 6. The van der Waals surface area contributed by atoms with E-state index in [0.717, 1.165) is 6.54 Å². The van der Waals surface area contributed by atoms with E-state index in [1.807, 2.05) is 6.92 Å². The molecule has 7 heteroatoms. The van der Waals surface area contributed by atoms with Crippen LogP contribution < -0.4 is 10.1 Å². The van der Waals surface area contributed by atoms with E-state index in [4.69, 9.17) is 16.3 Å². The molecule has 0 aromatic carbocycles. The van der Waals surface area contributed by atoms with E-state index in [1.54, 1.807) is 0 Å². The monoisotopic (exact) mass is 285 g/mol. The third-order valence-electron chi connectivity index (χ3n) is 3.18. The molecule has 1 unspecified atom stereocenters. The van der Waals surface area contributed by atoms with Crippen LogP contribution in [0.15, 0.2) is 0 Å².